The van der Waals surface area contributed by atoms with E-state index in [4.69, 9.17) is 16.3 Å². The molecule has 1 aliphatic rings. The maximum Gasteiger partial charge on any atom is 0.255 e. The van der Waals surface area contributed by atoms with Crippen LogP contribution in [0.15, 0.2) is 22.7 Å². The SMILES string of the molecule is CC1(C)CN(C(=O)c2ccc(Br)cc2Cl)CC(CO)O1. The summed E-state index contributed by atoms with van der Waals surface area (Å²) in [4.78, 5) is 14.3. The van der Waals surface area contributed by atoms with Crippen LogP contribution >= 0.6 is 27.5 Å². The summed E-state index contributed by atoms with van der Waals surface area (Å²) >= 11 is 9.44. The van der Waals surface area contributed by atoms with E-state index < -0.39 is 5.60 Å². The molecule has 1 atom stereocenters. The van der Waals surface area contributed by atoms with Crippen molar-refractivity contribution in [2.24, 2.45) is 0 Å². The molecule has 1 saturated heterocycles. The molecule has 1 aromatic rings. The number of nitrogens with zero attached hydrogens (tertiary/aromatic N) is 1. The van der Waals surface area contributed by atoms with Crippen molar-refractivity contribution in [3.8, 4) is 0 Å². The molecule has 1 fully saturated rings. The molecule has 1 heterocycles. The standard InChI is InChI=1S/C14H17BrClNO3/c1-14(2)8-17(6-10(7-18)20-14)13(19)11-4-3-9(15)5-12(11)16/h3-5,10,18H,6-8H2,1-2H3. The Morgan fingerprint density at radius 3 is 2.90 bits per heavy atom. The van der Waals surface area contributed by atoms with Crippen molar-refractivity contribution in [1.29, 1.82) is 0 Å². The number of ether oxygens (including phenoxy) is 1. The average molecular weight is 363 g/mol. The van der Waals surface area contributed by atoms with Gasteiger partial charge in [-0.1, -0.05) is 27.5 Å². The summed E-state index contributed by atoms with van der Waals surface area (Å²) in [6.45, 7) is 4.53. The largest absolute Gasteiger partial charge is 0.394 e. The number of hydrogen-bond donors (Lipinski definition) is 1. The molecule has 0 radical (unpaired) electrons. The van der Waals surface area contributed by atoms with E-state index in [0.29, 0.717) is 23.7 Å². The number of hydrogen-bond acceptors (Lipinski definition) is 3. The molecule has 4 nitrogen and oxygen atoms in total. The quantitative estimate of drug-likeness (QED) is 0.880. The first-order valence-electron chi connectivity index (χ1n) is 6.35. The van der Waals surface area contributed by atoms with Crippen molar-refractivity contribution in [3.63, 3.8) is 0 Å². The summed E-state index contributed by atoms with van der Waals surface area (Å²) in [6.07, 6.45) is -0.364. The smallest absolute Gasteiger partial charge is 0.255 e. The second-order valence-corrected chi connectivity index (χ2v) is 6.81. The number of halogens is 2. The number of morpholine rings is 1. The Kier molecular flexibility index (Phi) is 4.74. The number of aliphatic hydroxyl groups excluding tert-OH is 1. The van der Waals surface area contributed by atoms with Crippen molar-refractivity contribution in [3.05, 3.63) is 33.3 Å². The molecule has 1 aromatic carbocycles. The fraction of sp³-hybridized carbons (Fsp3) is 0.500. The number of aliphatic hydroxyl groups is 1. The van der Waals surface area contributed by atoms with Crippen LogP contribution in [0.1, 0.15) is 24.2 Å². The molecule has 1 N–H and O–H groups in total. The number of benzene rings is 1. The molecule has 1 amide bonds. The molecule has 0 aliphatic carbocycles. The molecule has 20 heavy (non-hydrogen) atoms. The summed E-state index contributed by atoms with van der Waals surface area (Å²) in [5, 5.41) is 9.70. The lowest BCUT2D eigenvalue weighted by Crippen LogP contribution is -2.55. The van der Waals surface area contributed by atoms with E-state index in [1.54, 1.807) is 23.1 Å². The monoisotopic (exact) mass is 361 g/mol. The van der Waals surface area contributed by atoms with Crippen molar-refractivity contribution in [1.82, 2.24) is 4.90 Å². The highest BCUT2D eigenvalue weighted by molar-refractivity contribution is 9.10. The van der Waals surface area contributed by atoms with E-state index in [1.165, 1.54) is 0 Å². The highest BCUT2D eigenvalue weighted by Gasteiger charge is 2.36. The summed E-state index contributed by atoms with van der Waals surface area (Å²) in [5.41, 5.74) is -0.0207. The van der Waals surface area contributed by atoms with Gasteiger partial charge in [0.05, 0.1) is 28.9 Å². The van der Waals surface area contributed by atoms with Crippen molar-refractivity contribution in [2.75, 3.05) is 19.7 Å². The third-order valence-electron chi connectivity index (χ3n) is 3.13. The summed E-state index contributed by atoms with van der Waals surface area (Å²) in [5.74, 6) is -0.141. The Labute approximate surface area is 131 Å². The Morgan fingerprint density at radius 1 is 1.60 bits per heavy atom. The molecular weight excluding hydrogens is 346 g/mol. The summed E-state index contributed by atoms with van der Waals surface area (Å²) in [6, 6.07) is 5.18. The zero-order valence-corrected chi connectivity index (χ0v) is 13.7. The minimum Gasteiger partial charge on any atom is -0.394 e. The van der Waals surface area contributed by atoms with E-state index in [-0.39, 0.29) is 18.6 Å². The normalized spacial score (nSPS) is 21.9. The first kappa shape index (κ1) is 15.8. The van der Waals surface area contributed by atoms with Gasteiger partial charge in [0.25, 0.3) is 5.91 Å². The van der Waals surface area contributed by atoms with Crippen LogP contribution in [0.25, 0.3) is 0 Å². The van der Waals surface area contributed by atoms with Gasteiger partial charge in [0.1, 0.15) is 0 Å². The average Bonchev–Trinajstić information content (AvgIpc) is 2.36. The van der Waals surface area contributed by atoms with E-state index in [9.17, 15) is 9.90 Å². The van der Waals surface area contributed by atoms with Crippen LogP contribution in [-0.4, -0.2) is 47.3 Å². The Bertz CT molecular complexity index is 521. The zero-order chi connectivity index (χ0) is 14.9. The van der Waals surface area contributed by atoms with Crippen LogP contribution < -0.4 is 0 Å². The van der Waals surface area contributed by atoms with E-state index in [0.717, 1.165) is 4.47 Å². The predicted molar refractivity (Wildman–Crippen MR) is 81.1 cm³/mol. The minimum absolute atomic E-state index is 0.110. The van der Waals surface area contributed by atoms with Crippen LogP contribution in [0.5, 0.6) is 0 Å². The van der Waals surface area contributed by atoms with Crippen molar-refractivity contribution < 1.29 is 14.6 Å². The van der Waals surface area contributed by atoms with Crippen LogP contribution in [0.2, 0.25) is 5.02 Å². The Hall–Kier alpha value is -0.620. The lowest BCUT2D eigenvalue weighted by atomic mass is 10.0. The molecule has 0 spiro atoms. The second kappa shape index (κ2) is 6.02. The highest BCUT2D eigenvalue weighted by atomic mass is 79.9. The van der Waals surface area contributed by atoms with Gasteiger partial charge in [-0.05, 0) is 32.0 Å². The van der Waals surface area contributed by atoms with E-state index in [2.05, 4.69) is 15.9 Å². The lowest BCUT2D eigenvalue weighted by molar-refractivity contribution is -0.139. The van der Waals surface area contributed by atoms with Gasteiger partial charge in [0, 0.05) is 17.6 Å². The highest BCUT2D eigenvalue weighted by Crippen LogP contribution is 2.26. The van der Waals surface area contributed by atoms with Gasteiger partial charge in [0.2, 0.25) is 0 Å². The molecular formula is C14H17BrClNO3. The van der Waals surface area contributed by atoms with E-state index in [1.807, 2.05) is 13.8 Å². The van der Waals surface area contributed by atoms with Crippen molar-refractivity contribution in [2.45, 2.75) is 25.6 Å². The minimum atomic E-state index is -0.483. The molecule has 1 unspecified atom stereocenters. The van der Waals surface area contributed by atoms with Gasteiger partial charge in [0.15, 0.2) is 0 Å². The molecule has 0 saturated carbocycles. The van der Waals surface area contributed by atoms with Crippen molar-refractivity contribution >= 4 is 33.4 Å². The predicted octanol–water partition coefficient (Wildman–Crippen LogP) is 2.71. The van der Waals surface area contributed by atoms with Gasteiger partial charge < -0.3 is 14.7 Å². The molecule has 0 bridgehead atoms. The third-order valence-corrected chi connectivity index (χ3v) is 3.94. The molecule has 1 aliphatic heterocycles. The Morgan fingerprint density at radius 2 is 2.30 bits per heavy atom. The van der Waals surface area contributed by atoms with Crippen LogP contribution in [0.4, 0.5) is 0 Å². The zero-order valence-electron chi connectivity index (χ0n) is 11.4. The van der Waals surface area contributed by atoms with Gasteiger partial charge >= 0.3 is 0 Å². The Balaban J connectivity index is 2.23. The molecule has 110 valence electrons. The molecule has 0 aromatic heterocycles. The summed E-state index contributed by atoms with van der Waals surface area (Å²) in [7, 11) is 0. The lowest BCUT2D eigenvalue weighted by Gasteiger charge is -2.42. The number of carbonyl (C=O) groups is 1. The van der Waals surface area contributed by atoms with Crippen LogP contribution in [0, 0.1) is 0 Å². The first-order chi connectivity index (χ1) is 9.32. The van der Waals surface area contributed by atoms with Gasteiger partial charge in [-0.2, -0.15) is 0 Å². The van der Waals surface area contributed by atoms with E-state index >= 15 is 0 Å². The third kappa shape index (κ3) is 3.52. The topological polar surface area (TPSA) is 49.8 Å². The second-order valence-electron chi connectivity index (χ2n) is 5.49. The summed E-state index contributed by atoms with van der Waals surface area (Å²) < 4.78 is 6.53. The maximum absolute atomic E-state index is 12.6. The molecule has 2 rings (SSSR count). The van der Waals surface area contributed by atoms with Gasteiger partial charge in [-0.25, -0.2) is 0 Å². The molecule has 6 heteroatoms. The number of rotatable bonds is 2. The van der Waals surface area contributed by atoms with Crippen LogP contribution in [0.3, 0.4) is 0 Å². The fourth-order valence-electron chi connectivity index (χ4n) is 2.38. The van der Waals surface area contributed by atoms with Gasteiger partial charge in [-0.3, -0.25) is 4.79 Å². The van der Waals surface area contributed by atoms with Crippen LogP contribution in [-0.2, 0) is 4.74 Å². The maximum atomic E-state index is 12.6. The fourth-order valence-corrected chi connectivity index (χ4v) is 3.13. The first-order valence-corrected chi connectivity index (χ1v) is 7.52. The number of carbonyl (C=O) groups excluding carboxylic acids is 1. The van der Waals surface area contributed by atoms with Gasteiger partial charge in [-0.15, -0.1) is 0 Å². The number of amides is 1.